The Kier molecular flexibility index (Phi) is 1.69. The van der Waals surface area contributed by atoms with E-state index in [-0.39, 0.29) is 5.78 Å². The number of H-pyrrole nitrogens is 1. The minimum atomic E-state index is 0.259. The molecule has 0 atom stereocenters. The zero-order chi connectivity index (χ0) is 10.4. The zero-order valence-corrected chi connectivity index (χ0v) is 8.63. The molecule has 15 heavy (non-hydrogen) atoms. The largest absolute Gasteiger partial charge is 0.343 e. The highest BCUT2D eigenvalue weighted by Gasteiger charge is 2.22. The summed E-state index contributed by atoms with van der Waals surface area (Å²) in [4.78, 5) is 19.4. The average molecular weight is 200 g/mol. The smallest absolute Gasteiger partial charge is 0.165 e. The van der Waals surface area contributed by atoms with Gasteiger partial charge in [-0.15, -0.1) is 0 Å². The van der Waals surface area contributed by atoms with Gasteiger partial charge in [-0.25, -0.2) is 4.98 Å². The molecule has 3 heteroatoms. The molecule has 1 N–H and O–H groups in total. The van der Waals surface area contributed by atoms with Crippen molar-refractivity contribution in [3.8, 4) is 0 Å². The Morgan fingerprint density at radius 2 is 2.27 bits per heavy atom. The minimum Gasteiger partial charge on any atom is -0.343 e. The summed E-state index contributed by atoms with van der Waals surface area (Å²) in [7, 11) is 0. The number of ketones is 1. The van der Waals surface area contributed by atoms with E-state index in [9.17, 15) is 4.79 Å². The Morgan fingerprint density at radius 3 is 3.13 bits per heavy atom. The van der Waals surface area contributed by atoms with Gasteiger partial charge in [-0.05, 0) is 31.4 Å². The number of Topliss-reactive ketones (excluding diaryl/α,β-unsaturated/α-hetero) is 1. The summed E-state index contributed by atoms with van der Waals surface area (Å²) in [6.45, 7) is 2.00. The van der Waals surface area contributed by atoms with Gasteiger partial charge in [0.15, 0.2) is 5.78 Å². The fourth-order valence-electron chi connectivity index (χ4n) is 2.28. The highest BCUT2D eigenvalue weighted by Crippen LogP contribution is 2.28. The predicted molar refractivity (Wildman–Crippen MR) is 58.1 cm³/mol. The third-order valence-electron chi connectivity index (χ3n) is 2.97. The number of rotatable bonds is 0. The summed E-state index contributed by atoms with van der Waals surface area (Å²) < 4.78 is 0. The Bertz CT molecular complexity index is 554. The van der Waals surface area contributed by atoms with Crippen molar-refractivity contribution in [2.24, 2.45) is 0 Å². The molecule has 1 aliphatic rings. The van der Waals surface area contributed by atoms with Gasteiger partial charge in [-0.1, -0.05) is 0 Å². The van der Waals surface area contributed by atoms with Crippen LogP contribution in [0.25, 0.3) is 11.0 Å². The number of fused-ring (bicyclic) bond motifs is 3. The van der Waals surface area contributed by atoms with Crippen molar-refractivity contribution >= 4 is 16.8 Å². The molecule has 0 amide bonds. The van der Waals surface area contributed by atoms with Crippen LogP contribution in [0.2, 0.25) is 0 Å². The SMILES string of the molecule is Cc1cnc2[nH]c3c(c2c1)C(=O)CCC3. The van der Waals surface area contributed by atoms with Crippen LogP contribution in [0.4, 0.5) is 0 Å². The van der Waals surface area contributed by atoms with E-state index < -0.39 is 0 Å². The van der Waals surface area contributed by atoms with Gasteiger partial charge in [-0.2, -0.15) is 0 Å². The molecule has 3 nitrogen and oxygen atoms in total. The van der Waals surface area contributed by atoms with Gasteiger partial charge in [0.05, 0.1) is 0 Å². The highest BCUT2D eigenvalue weighted by molar-refractivity contribution is 6.09. The first kappa shape index (κ1) is 8.65. The van der Waals surface area contributed by atoms with Crippen molar-refractivity contribution in [3.63, 3.8) is 0 Å². The predicted octanol–water partition coefficient (Wildman–Crippen LogP) is 2.39. The van der Waals surface area contributed by atoms with Crippen molar-refractivity contribution in [2.75, 3.05) is 0 Å². The summed E-state index contributed by atoms with van der Waals surface area (Å²) in [5.41, 5.74) is 3.90. The lowest BCUT2D eigenvalue weighted by molar-refractivity contribution is 0.0974. The number of nitrogens with zero attached hydrogens (tertiary/aromatic N) is 1. The Hall–Kier alpha value is -1.64. The molecule has 0 spiro atoms. The van der Waals surface area contributed by atoms with Crippen LogP contribution in [0.1, 0.15) is 34.5 Å². The number of hydrogen-bond acceptors (Lipinski definition) is 2. The summed E-state index contributed by atoms with van der Waals surface area (Å²) in [5.74, 6) is 0.259. The first-order valence-electron chi connectivity index (χ1n) is 5.26. The van der Waals surface area contributed by atoms with Crippen molar-refractivity contribution in [1.29, 1.82) is 0 Å². The second-order valence-corrected chi connectivity index (χ2v) is 4.16. The summed E-state index contributed by atoms with van der Waals surface area (Å²) in [6, 6.07) is 2.04. The molecule has 0 fully saturated rings. The lowest BCUT2D eigenvalue weighted by Crippen LogP contribution is -2.09. The maximum Gasteiger partial charge on any atom is 0.165 e. The highest BCUT2D eigenvalue weighted by atomic mass is 16.1. The van der Waals surface area contributed by atoms with E-state index in [2.05, 4.69) is 9.97 Å². The van der Waals surface area contributed by atoms with Crippen LogP contribution >= 0.6 is 0 Å². The Labute approximate surface area is 87.5 Å². The van der Waals surface area contributed by atoms with Crippen LogP contribution in [-0.4, -0.2) is 15.8 Å². The van der Waals surface area contributed by atoms with Gasteiger partial charge in [0, 0.05) is 29.3 Å². The number of aromatic nitrogens is 2. The first-order valence-corrected chi connectivity index (χ1v) is 5.26. The molecule has 0 aliphatic heterocycles. The minimum absolute atomic E-state index is 0.259. The van der Waals surface area contributed by atoms with Crippen LogP contribution in [0.15, 0.2) is 12.3 Å². The molecule has 2 aromatic heterocycles. The monoisotopic (exact) mass is 200 g/mol. The van der Waals surface area contributed by atoms with E-state index in [1.807, 2.05) is 19.2 Å². The zero-order valence-electron chi connectivity index (χ0n) is 8.63. The maximum absolute atomic E-state index is 11.8. The van der Waals surface area contributed by atoms with Crippen molar-refractivity contribution in [1.82, 2.24) is 9.97 Å². The molecule has 0 aromatic carbocycles. The van der Waals surface area contributed by atoms with E-state index >= 15 is 0 Å². The molecule has 3 rings (SSSR count). The molecule has 0 radical (unpaired) electrons. The number of hydrogen-bond donors (Lipinski definition) is 1. The van der Waals surface area contributed by atoms with Gasteiger partial charge < -0.3 is 4.98 Å². The van der Waals surface area contributed by atoms with Crippen molar-refractivity contribution in [3.05, 3.63) is 29.1 Å². The van der Waals surface area contributed by atoms with E-state index in [0.717, 1.165) is 40.7 Å². The van der Waals surface area contributed by atoms with Crippen molar-refractivity contribution < 1.29 is 4.79 Å². The summed E-state index contributed by atoms with van der Waals surface area (Å²) >= 11 is 0. The van der Waals surface area contributed by atoms with E-state index in [4.69, 9.17) is 0 Å². The molecule has 1 aliphatic carbocycles. The third-order valence-corrected chi connectivity index (χ3v) is 2.97. The summed E-state index contributed by atoms with van der Waals surface area (Å²) in [6.07, 6.45) is 4.43. The quantitative estimate of drug-likeness (QED) is 0.709. The van der Waals surface area contributed by atoms with Crippen molar-refractivity contribution in [2.45, 2.75) is 26.2 Å². The molecular formula is C12H12N2O. The maximum atomic E-state index is 11.8. The van der Waals surface area contributed by atoms with Crippen LogP contribution in [0.3, 0.4) is 0 Å². The number of nitrogens with one attached hydrogen (secondary N) is 1. The number of aromatic amines is 1. The molecule has 2 aromatic rings. The normalized spacial score (nSPS) is 15.7. The molecule has 2 heterocycles. The van der Waals surface area contributed by atoms with E-state index in [0.29, 0.717) is 6.42 Å². The Balaban J connectivity index is 2.38. The number of carbonyl (C=O) groups excluding carboxylic acids is 1. The fourth-order valence-corrected chi connectivity index (χ4v) is 2.28. The number of aryl methyl sites for hydroxylation is 2. The molecule has 0 saturated carbocycles. The number of pyridine rings is 1. The van der Waals surface area contributed by atoms with Crippen LogP contribution in [0, 0.1) is 6.92 Å². The van der Waals surface area contributed by atoms with E-state index in [1.165, 1.54) is 0 Å². The van der Waals surface area contributed by atoms with Crippen LogP contribution < -0.4 is 0 Å². The van der Waals surface area contributed by atoms with Gasteiger partial charge in [0.2, 0.25) is 0 Å². The fraction of sp³-hybridized carbons (Fsp3) is 0.333. The Morgan fingerprint density at radius 1 is 1.40 bits per heavy atom. The second kappa shape index (κ2) is 2.92. The molecule has 0 saturated heterocycles. The van der Waals surface area contributed by atoms with Gasteiger partial charge in [0.25, 0.3) is 0 Å². The molecular weight excluding hydrogens is 188 g/mol. The lowest BCUT2D eigenvalue weighted by Gasteiger charge is -2.09. The van der Waals surface area contributed by atoms with Crippen LogP contribution in [0.5, 0.6) is 0 Å². The van der Waals surface area contributed by atoms with Crippen LogP contribution in [-0.2, 0) is 6.42 Å². The average Bonchev–Trinajstić information content (AvgIpc) is 2.57. The molecule has 0 unspecified atom stereocenters. The van der Waals surface area contributed by atoms with E-state index in [1.54, 1.807) is 0 Å². The molecule has 0 bridgehead atoms. The van der Waals surface area contributed by atoms with Gasteiger partial charge >= 0.3 is 0 Å². The molecule has 76 valence electrons. The third kappa shape index (κ3) is 1.19. The van der Waals surface area contributed by atoms with Gasteiger partial charge in [0.1, 0.15) is 5.65 Å². The second-order valence-electron chi connectivity index (χ2n) is 4.16. The standard InChI is InChI=1S/C12H12N2O/c1-7-5-8-11-9(3-2-4-10(11)15)14-12(8)13-6-7/h5-6H,2-4H2,1H3,(H,13,14). The van der Waals surface area contributed by atoms with Gasteiger partial charge in [-0.3, -0.25) is 4.79 Å². The number of carbonyl (C=O) groups is 1. The first-order chi connectivity index (χ1) is 7.25. The lowest BCUT2D eigenvalue weighted by atomic mass is 9.94. The topological polar surface area (TPSA) is 45.8 Å². The summed E-state index contributed by atoms with van der Waals surface area (Å²) in [5, 5.41) is 0.995.